The number of anilines is 2. The van der Waals surface area contributed by atoms with Gasteiger partial charge in [-0.2, -0.15) is 0 Å². The molecule has 27 heavy (non-hydrogen) atoms. The normalized spacial score (nSPS) is 14.5. The maximum absolute atomic E-state index is 12.2. The molecule has 3 heterocycles. The topological polar surface area (TPSA) is 80.5 Å². The Labute approximate surface area is 166 Å². The van der Waals surface area contributed by atoms with Crippen molar-refractivity contribution >= 4 is 48.9 Å². The molecule has 1 aliphatic heterocycles. The van der Waals surface area contributed by atoms with Gasteiger partial charge in [0.25, 0.3) is 5.91 Å². The first kappa shape index (κ1) is 18.2. The molecule has 3 aromatic rings. The van der Waals surface area contributed by atoms with Gasteiger partial charge >= 0.3 is 0 Å². The highest BCUT2D eigenvalue weighted by Gasteiger charge is 2.28. The first-order valence-electron chi connectivity index (χ1n) is 8.86. The molecule has 3 N–H and O–H groups in total. The predicted molar refractivity (Wildman–Crippen MR) is 112 cm³/mol. The molecule has 0 aliphatic carbocycles. The molecule has 4 rings (SSSR count). The van der Waals surface area contributed by atoms with Gasteiger partial charge in [0.05, 0.1) is 22.9 Å². The number of thiazole rings is 1. The minimum atomic E-state index is -0.379. The summed E-state index contributed by atoms with van der Waals surface area (Å²) in [6.07, 6.45) is 0.848. The van der Waals surface area contributed by atoms with Crippen molar-refractivity contribution in [2.75, 3.05) is 19.0 Å². The third kappa shape index (κ3) is 3.40. The van der Waals surface area contributed by atoms with Gasteiger partial charge in [-0.1, -0.05) is 11.3 Å². The average molecular weight is 403 g/mol. The summed E-state index contributed by atoms with van der Waals surface area (Å²) in [4.78, 5) is 20.4. The Morgan fingerprint density at radius 3 is 2.89 bits per heavy atom. The molecule has 0 saturated carbocycles. The molecule has 0 saturated heterocycles. The van der Waals surface area contributed by atoms with Gasteiger partial charge in [0.2, 0.25) is 0 Å². The van der Waals surface area contributed by atoms with Crippen LogP contribution in [0.25, 0.3) is 10.2 Å². The number of thiophene rings is 1. The van der Waals surface area contributed by atoms with Crippen molar-refractivity contribution in [3.05, 3.63) is 34.2 Å². The Morgan fingerprint density at radius 2 is 2.19 bits per heavy atom. The summed E-state index contributed by atoms with van der Waals surface area (Å²) < 4.78 is 6.31. The second-order valence-corrected chi connectivity index (χ2v) is 9.00. The lowest BCUT2D eigenvalue weighted by Gasteiger charge is -2.30. The minimum Gasteiger partial charge on any atom is -0.497 e. The third-order valence-electron chi connectivity index (χ3n) is 4.88. The number of carbonyl (C=O) groups excluding carboxylic acids is 1. The molecule has 0 fully saturated rings. The van der Waals surface area contributed by atoms with E-state index in [-0.39, 0.29) is 5.91 Å². The second kappa shape index (κ2) is 7.10. The zero-order valence-corrected chi connectivity index (χ0v) is 17.2. The van der Waals surface area contributed by atoms with Gasteiger partial charge in [0.15, 0.2) is 5.13 Å². The molecule has 0 unspecified atom stereocenters. The van der Waals surface area contributed by atoms with Crippen LogP contribution in [0.3, 0.4) is 0 Å². The summed E-state index contributed by atoms with van der Waals surface area (Å²) in [5, 5.41) is 4.89. The van der Waals surface area contributed by atoms with E-state index in [0.29, 0.717) is 11.6 Å². The number of fused-ring (bicyclic) bond motifs is 2. The lowest BCUT2D eigenvalue weighted by Crippen LogP contribution is -2.35. The quantitative estimate of drug-likeness (QED) is 0.675. The maximum atomic E-state index is 12.2. The monoisotopic (exact) mass is 402 g/mol. The predicted octanol–water partition coefficient (Wildman–Crippen LogP) is 3.98. The number of nitrogens with one attached hydrogen (secondary N) is 1. The van der Waals surface area contributed by atoms with Crippen molar-refractivity contribution in [2.24, 2.45) is 5.73 Å². The molecule has 2 aromatic heterocycles. The number of ether oxygens (including phenoxy) is 1. The van der Waals surface area contributed by atoms with Crippen LogP contribution in [0.4, 0.5) is 10.1 Å². The first-order valence-corrected chi connectivity index (χ1v) is 10.5. The highest BCUT2D eigenvalue weighted by molar-refractivity contribution is 7.23. The van der Waals surface area contributed by atoms with Crippen LogP contribution in [0.2, 0.25) is 0 Å². The molecular formula is C19H22N4O2S2. The van der Waals surface area contributed by atoms with Crippen molar-refractivity contribution in [3.63, 3.8) is 0 Å². The van der Waals surface area contributed by atoms with Gasteiger partial charge in [-0.25, -0.2) is 4.98 Å². The van der Waals surface area contributed by atoms with E-state index in [1.165, 1.54) is 16.2 Å². The summed E-state index contributed by atoms with van der Waals surface area (Å²) in [7, 11) is 1.65. The van der Waals surface area contributed by atoms with Crippen LogP contribution in [0, 0.1) is 0 Å². The summed E-state index contributed by atoms with van der Waals surface area (Å²) >= 11 is 3.15. The lowest BCUT2D eigenvalue weighted by atomic mass is 10.0. The highest BCUT2D eigenvalue weighted by Crippen LogP contribution is 2.40. The molecule has 0 spiro atoms. The van der Waals surface area contributed by atoms with E-state index in [0.717, 1.165) is 51.2 Å². The van der Waals surface area contributed by atoms with Crippen molar-refractivity contribution < 1.29 is 9.53 Å². The SMILES string of the molecule is COc1ccc2nc(Nc3sc4c(c3C(N)=O)CCN(C(C)C)C4)sc2c1. The average Bonchev–Trinajstić information content (AvgIpc) is 3.20. The number of aromatic nitrogens is 1. The van der Waals surface area contributed by atoms with Gasteiger partial charge in [-0.3, -0.25) is 9.69 Å². The summed E-state index contributed by atoms with van der Waals surface area (Å²) in [5.74, 6) is 0.423. The molecule has 0 radical (unpaired) electrons. The van der Waals surface area contributed by atoms with Crippen molar-refractivity contribution in [3.8, 4) is 5.75 Å². The van der Waals surface area contributed by atoms with Crippen molar-refractivity contribution in [2.45, 2.75) is 32.9 Å². The number of hydrogen-bond donors (Lipinski definition) is 2. The Balaban J connectivity index is 1.69. The van der Waals surface area contributed by atoms with Crippen LogP contribution in [-0.4, -0.2) is 35.5 Å². The Morgan fingerprint density at radius 1 is 1.37 bits per heavy atom. The molecule has 1 aromatic carbocycles. The smallest absolute Gasteiger partial charge is 0.251 e. The largest absolute Gasteiger partial charge is 0.497 e. The molecule has 1 amide bonds. The summed E-state index contributed by atoms with van der Waals surface area (Å²) in [6, 6.07) is 6.27. The summed E-state index contributed by atoms with van der Waals surface area (Å²) in [6.45, 7) is 6.20. The standard InChI is InChI=1S/C19H22N4O2S2/c1-10(2)23-7-6-12-15(9-23)26-18(16(12)17(20)24)22-19-21-13-5-4-11(25-3)8-14(13)27-19/h4-5,8,10H,6-7,9H2,1-3H3,(H2,20,24)(H,21,22). The van der Waals surface area contributed by atoms with E-state index in [1.807, 2.05) is 18.2 Å². The van der Waals surface area contributed by atoms with E-state index in [2.05, 4.69) is 29.0 Å². The van der Waals surface area contributed by atoms with Gasteiger partial charge in [-0.05, 0) is 44.0 Å². The Kier molecular flexibility index (Phi) is 4.79. The number of primary amides is 1. The number of amides is 1. The Bertz CT molecular complexity index is 1010. The van der Waals surface area contributed by atoms with Crippen molar-refractivity contribution in [1.29, 1.82) is 0 Å². The molecule has 0 atom stereocenters. The zero-order valence-electron chi connectivity index (χ0n) is 15.5. The van der Waals surface area contributed by atoms with Crippen LogP contribution >= 0.6 is 22.7 Å². The number of rotatable bonds is 5. The van der Waals surface area contributed by atoms with Gasteiger partial charge in [-0.15, -0.1) is 11.3 Å². The summed E-state index contributed by atoms with van der Waals surface area (Å²) in [5.41, 5.74) is 8.34. The van der Waals surface area contributed by atoms with Crippen LogP contribution in [-0.2, 0) is 13.0 Å². The number of hydrogen-bond acceptors (Lipinski definition) is 7. The van der Waals surface area contributed by atoms with Crippen molar-refractivity contribution in [1.82, 2.24) is 9.88 Å². The van der Waals surface area contributed by atoms with E-state index in [4.69, 9.17) is 10.5 Å². The van der Waals surface area contributed by atoms with E-state index < -0.39 is 0 Å². The number of carbonyl (C=O) groups is 1. The molecule has 0 bridgehead atoms. The molecule has 142 valence electrons. The molecule has 6 nitrogen and oxygen atoms in total. The Hall–Kier alpha value is -2.16. The van der Waals surface area contributed by atoms with Gasteiger partial charge in [0.1, 0.15) is 10.8 Å². The fourth-order valence-electron chi connectivity index (χ4n) is 3.40. The van der Waals surface area contributed by atoms with Gasteiger partial charge < -0.3 is 15.8 Å². The first-order chi connectivity index (χ1) is 13.0. The fourth-order valence-corrected chi connectivity index (χ4v) is 5.64. The number of nitrogens with zero attached hydrogens (tertiary/aromatic N) is 2. The molecular weight excluding hydrogens is 380 g/mol. The van der Waals surface area contributed by atoms with E-state index in [9.17, 15) is 4.79 Å². The fraction of sp³-hybridized carbons (Fsp3) is 0.368. The maximum Gasteiger partial charge on any atom is 0.251 e. The van der Waals surface area contributed by atoms with Crippen LogP contribution in [0.15, 0.2) is 18.2 Å². The highest BCUT2D eigenvalue weighted by atomic mass is 32.1. The third-order valence-corrected chi connectivity index (χ3v) is 6.94. The minimum absolute atomic E-state index is 0.379. The second-order valence-electron chi connectivity index (χ2n) is 6.86. The van der Waals surface area contributed by atoms with Gasteiger partial charge in [0, 0.05) is 24.0 Å². The number of benzene rings is 1. The number of nitrogens with two attached hydrogens (primary N) is 1. The van der Waals surface area contributed by atoms with Crippen LogP contribution in [0.1, 0.15) is 34.6 Å². The van der Waals surface area contributed by atoms with Crippen LogP contribution < -0.4 is 15.8 Å². The molecule has 1 aliphatic rings. The zero-order chi connectivity index (χ0) is 19.1. The van der Waals surface area contributed by atoms with E-state index >= 15 is 0 Å². The number of methoxy groups -OCH3 is 1. The van der Waals surface area contributed by atoms with E-state index in [1.54, 1.807) is 18.4 Å². The molecule has 8 heteroatoms. The lowest BCUT2D eigenvalue weighted by molar-refractivity contribution is 0.0999. The van der Waals surface area contributed by atoms with Crippen LogP contribution in [0.5, 0.6) is 5.75 Å².